The molecular formula is C28H24N4O3S2. The third-order valence-corrected chi connectivity index (χ3v) is 8.37. The number of hydrogen-bond acceptors (Lipinski definition) is 7. The normalized spacial score (nSPS) is 13.5. The second kappa shape index (κ2) is 11.0. The molecule has 0 atom stereocenters. The van der Waals surface area contributed by atoms with Crippen LogP contribution in [0.1, 0.15) is 28.8 Å². The van der Waals surface area contributed by atoms with Gasteiger partial charge in [-0.05, 0) is 48.9 Å². The third kappa shape index (κ3) is 5.17. The van der Waals surface area contributed by atoms with Crippen molar-refractivity contribution >= 4 is 39.2 Å². The second-order valence-electron chi connectivity index (χ2n) is 8.65. The number of benzene rings is 2. The summed E-state index contributed by atoms with van der Waals surface area (Å²) in [6.07, 6.45) is 4.00. The predicted molar refractivity (Wildman–Crippen MR) is 146 cm³/mol. The van der Waals surface area contributed by atoms with Gasteiger partial charge in [-0.2, -0.15) is 5.26 Å². The van der Waals surface area contributed by atoms with Gasteiger partial charge in [-0.3, -0.25) is 14.2 Å². The summed E-state index contributed by atoms with van der Waals surface area (Å²) in [7, 11) is 0. The Hall–Kier alpha value is -3.87. The van der Waals surface area contributed by atoms with Crippen LogP contribution < -0.4 is 10.9 Å². The fourth-order valence-corrected chi connectivity index (χ4v) is 6.60. The zero-order valence-electron chi connectivity index (χ0n) is 19.9. The van der Waals surface area contributed by atoms with Crippen LogP contribution in [0.4, 0.5) is 0 Å². The summed E-state index contributed by atoms with van der Waals surface area (Å²) in [5, 5.41) is 24.0. The number of aryl methyl sites for hydroxylation is 2. The van der Waals surface area contributed by atoms with Gasteiger partial charge < -0.3 is 10.4 Å². The van der Waals surface area contributed by atoms with Gasteiger partial charge in [0.25, 0.3) is 11.5 Å². The van der Waals surface area contributed by atoms with Gasteiger partial charge in [-0.25, -0.2) is 4.98 Å². The molecule has 186 valence electrons. The van der Waals surface area contributed by atoms with Gasteiger partial charge in [0.05, 0.1) is 16.8 Å². The van der Waals surface area contributed by atoms with Crippen molar-refractivity contribution in [2.75, 3.05) is 5.75 Å². The van der Waals surface area contributed by atoms with Crippen LogP contribution in [-0.2, 0) is 24.2 Å². The number of nitrogens with zero attached hydrogens (tertiary/aromatic N) is 3. The first-order chi connectivity index (χ1) is 18.1. The number of thiophene rings is 1. The summed E-state index contributed by atoms with van der Waals surface area (Å²) in [5.41, 5.74) is 2.16. The highest BCUT2D eigenvalue weighted by atomic mass is 32.2. The van der Waals surface area contributed by atoms with E-state index in [1.54, 1.807) is 15.9 Å². The first kappa shape index (κ1) is 24.8. The lowest BCUT2D eigenvalue weighted by molar-refractivity contribution is -0.117. The lowest BCUT2D eigenvalue weighted by Gasteiger charge is -2.14. The molecule has 4 aromatic rings. The summed E-state index contributed by atoms with van der Waals surface area (Å²) in [4.78, 5) is 33.1. The Kier molecular flexibility index (Phi) is 7.40. The standard InChI is InChI=1S/C28H24N4O3S2/c29-15-21(25(34)30-16-18-9-3-1-4-10-18)22(33)17-36-28-31-26-24(20-13-7-8-14-23(20)37-26)27(35)32(28)19-11-5-2-6-12-19/h1-6,9-12,33H,7-8,13-14,16-17H2,(H,30,34)/b22-21-. The van der Waals surface area contributed by atoms with Crippen molar-refractivity contribution in [3.63, 3.8) is 0 Å². The molecule has 2 aromatic heterocycles. The van der Waals surface area contributed by atoms with Gasteiger partial charge in [-0.15, -0.1) is 11.3 Å². The van der Waals surface area contributed by atoms with E-state index in [2.05, 4.69) is 5.32 Å². The van der Waals surface area contributed by atoms with Crippen molar-refractivity contribution < 1.29 is 9.90 Å². The van der Waals surface area contributed by atoms with Gasteiger partial charge in [0.2, 0.25) is 0 Å². The molecule has 37 heavy (non-hydrogen) atoms. The van der Waals surface area contributed by atoms with Gasteiger partial charge >= 0.3 is 0 Å². The Morgan fingerprint density at radius 1 is 1.11 bits per heavy atom. The van der Waals surface area contributed by atoms with Crippen LogP contribution in [0, 0.1) is 11.3 Å². The first-order valence-corrected chi connectivity index (χ1v) is 13.8. The molecule has 2 heterocycles. The quantitative estimate of drug-likeness (QED) is 0.114. The number of carbonyl (C=O) groups excluding carboxylic acids is 1. The molecule has 1 amide bonds. The number of fused-ring (bicyclic) bond motifs is 3. The fraction of sp³-hybridized carbons (Fsp3) is 0.214. The van der Waals surface area contributed by atoms with Gasteiger partial charge in [0, 0.05) is 11.4 Å². The number of para-hydroxylation sites is 1. The summed E-state index contributed by atoms with van der Waals surface area (Å²) < 4.78 is 1.56. The van der Waals surface area contributed by atoms with Crippen molar-refractivity contribution in [3.05, 3.63) is 98.4 Å². The number of nitriles is 1. The Labute approximate surface area is 222 Å². The van der Waals surface area contributed by atoms with E-state index < -0.39 is 5.91 Å². The molecule has 0 saturated carbocycles. The van der Waals surface area contributed by atoms with Gasteiger partial charge in [-0.1, -0.05) is 60.3 Å². The van der Waals surface area contributed by atoms with E-state index in [9.17, 15) is 20.0 Å². The van der Waals surface area contributed by atoms with Crippen LogP contribution in [0.2, 0.25) is 0 Å². The van der Waals surface area contributed by atoms with Crippen LogP contribution in [-0.4, -0.2) is 26.3 Å². The molecule has 0 spiro atoms. The minimum atomic E-state index is -0.653. The summed E-state index contributed by atoms with van der Waals surface area (Å²) in [6, 6.07) is 20.4. The van der Waals surface area contributed by atoms with Crippen molar-refractivity contribution in [2.24, 2.45) is 0 Å². The monoisotopic (exact) mass is 528 g/mol. The average molecular weight is 529 g/mol. The molecular weight excluding hydrogens is 504 g/mol. The number of amides is 1. The topological polar surface area (TPSA) is 108 Å². The number of aliphatic hydroxyl groups is 1. The van der Waals surface area contributed by atoms with Gasteiger partial charge in [0.1, 0.15) is 16.7 Å². The Morgan fingerprint density at radius 3 is 2.54 bits per heavy atom. The molecule has 0 radical (unpaired) electrons. The first-order valence-electron chi connectivity index (χ1n) is 12.0. The van der Waals surface area contributed by atoms with E-state index in [0.717, 1.165) is 48.6 Å². The number of aliphatic hydroxyl groups excluding tert-OH is 1. The molecule has 0 unspecified atom stereocenters. The number of rotatable bonds is 7. The Morgan fingerprint density at radius 2 is 1.81 bits per heavy atom. The maximum atomic E-state index is 13.8. The van der Waals surface area contributed by atoms with E-state index in [0.29, 0.717) is 21.1 Å². The highest BCUT2D eigenvalue weighted by molar-refractivity contribution is 7.99. The van der Waals surface area contributed by atoms with Crippen molar-refractivity contribution in [1.29, 1.82) is 5.26 Å². The molecule has 0 fully saturated rings. The minimum Gasteiger partial charge on any atom is -0.510 e. The van der Waals surface area contributed by atoms with Crippen LogP contribution in [0.15, 0.2) is 81.9 Å². The lowest BCUT2D eigenvalue weighted by atomic mass is 9.97. The number of hydrogen-bond donors (Lipinski definition) is 2. The number of thioether (sulfide) groups is 1. The molecule has 1 aliphatic carbocycles. The van der Waals surface area contributed by atoms with Crippen molar-refractivity contribution in [3.8, 4) is 11.8 Å². The molecule has 0 saturated heterocycles. The molecule has 1 aliphatic rings. The summed E-state index contributed by atoms with van der Waals surface area (Å²) in [5.74, 6) is -1.10. The zero-order chi connectivity index (χ0) is 25.8. The van der Waals surface area contributed by atoms with Crippen molar-refractivity contribution in [2.45, 2.75) is 37.4 Å². The molecule has 0 aliphatic heterocycles. The summed E-state index contributed by atoms with van der Waals surface area (Å²) in [6.45, 7) is 0.236. The largest absolute Gasteiger partial charge is 0.510 e. The number of nitrogens with one attached hydrogen (secondary N) is 1. The fourth-order valence-electron chi connectivity index (χ4n) is 4.41. The minimum absolute atomic E-state index is 0.0858. The maximum absolute atomic E-state index is 13.8. The van der Waals surface area contributed by atoms with Crippen LogP contribution in [0.3, 0.4) is 0 Å². The van der Waals surface area contributed by atoms with E-state index >= 15 is 0 Å². The van der Waals surface area contributed by atoms with E-state index in [1.807, 2.05) is 66.7 Å². The van der Waals surface area contributed by atoms with Crippen LogP contribution in [0.5, 0.6) is 0 Å². The van der Waals surface area contributed by atoms with E-state index in [1.165, 1.54) is 4.88 Å². The maximum Gasteiger partial charge on any atom is 0.267 e. The lowest BCUT2D eigenvalue weighted by Crippen LogP contribution is -2.25. The number of carbonyl (C=O) groups is 1. The van der Waals surface area contributed by atoms with E-state index in [-0.39, 0.29) is 29.2 Å². The zero-order valence-corrected chi connectivity index (χ0v) is 21.6. The number of aromatic nitrogens is 2. The Balaban J connectivity index is 1.46. The third-order valence-electron chi connectivity index (χ3n) is 6.23. The molecule has 0 bridgehead atoms. The van der Waals surface area contributed by atoms with Gasteiger partial charge in [0.15, 0.2) is 10.7 Å². The molecule has 5 rings (SSSR count). The second-order valence-corrected chi connectivity index (χ2v) is 10.7. The smallest absolute Gasteiger partial charge is 0.267 e. The van der Waals surface area contributed by atoms with Crippen molar-refractivity contribution in [1.82, 2.24) is 14.9 Å². The molecule has 2 aromatic carbocycles. The van der Waals surface area contributed by atoms with Crippen LogP contribution in [0.25, 0.3) is 15.9 Å². The molecule has 9 heteroatoms. The highest BCUT2D eigenvalue weighted by Gasteiger charge is 2.23. The SMILES string of the molecule is N#C/C(C(=O)NCc1ccccc1)=C(/O)CSc1nc2sc3c(c2c(=O)n1-c1ccccc1)CCCC3. The highest BCUT2D eigenvalue weighted by Crippen LogP contribution is 2.35. The summed E-state index contributed by atoms with van der Waals surface area (Å²) >= 11 is 2.68. The molecule has 7 nitrogen and oxygen atoms in total. The average Bonchev–Trinajstić information content (AvgIpc) is 3.31. The Bertz CT molecular complexity index is 1590. The molecule has 2 N–H and O–H groups in total. The van der Waals surface area contributed by atoms with E-state index in [4.69, 9.17) is 4.98 Å². The van der Waals surface area contributed by atoms with Crippen LogP contribution >= 0.6 is 23.1 Å². The predicted octanol–water partition coefficient (Wildman–Crippen LogP) is 5.07.